The van der Waals surface area contributed by atoms with Gasteiger partial charge < -0.3 is 10.2 Å². The van der Waals surface area contributed by atoms with Gasteiger partial charge in [-0.15, -0.1) is 0 Å². The molecule has 2 N–H and O–H groups in total. The summed E-state index contributed by atoms with van der Waals surface area (Å²) in [6.45, 7) is 4.36. The lowest BCUT2D eigenvalue weighted by Crippen LogP contribution is -2.54. The normalized spacial score (nSPS) is 39.5. The molecule has 2 rings (SSSR count). The lowest BCUT2D eigenvalue weighted by molar-refractivity contribution is -0.179. The Morgan fingerprint density at radius 2 is 1.37 bits per heavy atom. The second-order valence-electron chi connectivity index (χ2n) is 7.07. The van der Waals surface area contributed by atoms with Gasteiger partial charge in [0, 0.05) is 0 Å². The van der Waals surface area contributed by atoms with E-state index in [1.807, 2.05) is 0 Å². The summed E-state index contributed by atoms with van der Waals surface area (Å²) in [7, 11) is 0. The van der Waals surface area contributed by atoms with Crippen LogP contribution in [0.5, 0.6) is 0 Å². The molecule has 5 atom stereocenters. The minimum absolute atomic E-state index is 0.0518. The molecule has 0 aliphatic heterocycles. The molecule has 0 radical (unpaired) electrons. The van der Waals surface area contributed by atoms with Gasteiger partial charge in [0.15, 0.2) is 5.60 Å². The van der Waals surface area contributed by atoms with Crippen LogP contribution in [0.1, 0.15) is 65.2 Å². The third-order valence-electron chi connectivity index (χ3n) is 5.46. The molecule has 2 saturated carbocycles. The minimum atomic E-state index is -1.48. The number of aliphatic carboxylic acids is 1. The average Bonchev–Trinajstić information content (AvgIpc) is 2.37. The van der Waals surface area contributed by atoms with Crippen LogP contribution < -0.4 is 0 Å². The maximum Gasteiger partial charge on any atom is 0.336 e. The SMILES string of the molecule is C[C@@H]1CCC[C@@H](C(O)(C(=O)O)[C@@H]2CCC[C@H](C)C2)C1. The van der Waals surface area contributed by atoms with Crippen molar-refractivity contribution in [2.24, 2.45) is 23.7 Å². The van der Waals surface area contributed by atoms with Crippen molar-refractivity contribution in [3.05, 3.63) is 0 Å². The highest BCUT2D eigenvalue weighted by molar-refractivity contribution is 5.78. The standard InChI is InChI=1S/C16H28O3/c1-11-5-3-7-13(9-11)16(19,15(17)18)14-8-4-6-12(2)10-14/h11-14,19H,3-10H2,1-2H3,(H,17,18)/t11-,12+,13-,14-,16?/m1/s1. The fraction of sp³-hybridized carbons (Fsp3) is 0.938. The van der Waals surface area contributed by atoms with Crippen LogP contribution in [-0.2, 0) is 4.79 Å². The molecule has 2 fully saturated rings. The molecule has 3 nitrogen and oxygen atoms in total. The van der Waals surface area contributed by atoms with Crippen LogP contribution in [-0.4, -0.2) is 21.8 Å². The quantitative estimate of drug-likeness (QED) is 0.824. The molecular formula is C16H28O3. The summed E-state index contributed by atoms with van der Waals surface area (Å²) in [5, 5.41) is 20.6. The lowest BCUT2D eigenvalue weighted by atomic mass is 9.63. The topological polar surface area (TPSA) is 57.5 Å². The van der Waals surface area contributed by atoms with E-state index in [4.69, 9.17) is 0 Å². The van der Waals surface area contributed by atoms with Crippen molar-refractivity contribution >= 4 is 5.97 Å². The molecule has 0 bridgehead atoms. The Kier molecular flexibility index (Phi) is 4.54. The van der Waals surface area contributed by atoms with Gasteiger partial charge in [0.05, 0.1) is 0 Å². The smallest absolute Gasteiger partial charge is 0.336 e. The Balaban J connectivity index is 2.18. The Labute approximate surface area is 116 Å². The first-order valence-corrected chi connectivity index (χ1v) is 7.90. The molecule has 0 aromatic carbocycles. The molecule has 0 amide bonds. The van der Waals surface area contributed by atoms with E-state index >= 15 is 0 Å². The monoisotopic (exact) mass is 268 g/mol. The molecule has 0 heterocycles. The molecule has 0 aromatic heterocycles. The average molecular weight is 268 g/mol. The van der Waals surface area contributed by atoms with E-state index in [2.05, 4.69) is 13.8 Å². The summed E-state index contributed by atoms with van der Waals surface area (Å²) >= 11 is 0. The summed E-state index contributed by atoms with van der Waals surface area (Å²) in [6, 6.07) is 0. The first-order valence-electron chi connectivity index (χ1n) is 7.90. The van der Waals surface area contributed by atoms with Gasteiger partial charge in [-0.25, -0.2) is 4.79 Å². The fourth-order valence-corrected chi connectivity index (χ4v) is 4.35. The molecule has 3 heteroatoms. The predicted molar refractivity (Wildman–Crippen MR) is 74.8 cm³/mol. The molecule has 0 aromatic rings. The second kappa shape index (κ2) is 5.82. The van der Waals surface area contributed by atoms with Gasteiger partial charge in [-0.3, -0.25) is 0 Å². The highest BCUT2D eigenvalue weighted by Crippen LogP contribution is 2.45. The Hall–Kier alpha value is -0.570. The zero-order valence-electron chi connectivity index (χ0n) is 12.3. The van der Waals surface area contributed by atoms with E-state index in [1.165, 1.54) is 12.8 Å². The highest BCUT2D eigenvalue weighted by atomic mass is 16.4. The molecule has 1 unspecified atom stereocenters. The maximum absolute atomic E-state index is 11.8. The van der Waals surface area contributed by atoms with Crippen LogP contribution in [0, 0.1) is 23.7 Å². The van der Waals surface area contributed by atoms with E-state index in [1.54, 1.807) is 0 Å². The first kappa shape index (κ1) is 14.8. The van der Waals surface area contributed by atoms with E-state index in [-0.39, 0.29) is 11.8 Å². The molecule has 0 saturated heterocycles. The van der Waals surface area contributed by atoms with E-state index in [9.17, 15) is 15.0 Å². The molecule has 0 spiro atoms. The molecule has 2 aliphatic carbocycles. The zero-order valence-corrected chi connectivity index (χ0v) is 12.3. The van der Waals surface area contributed by atoms with Crippen molar-refractivity contribution < 1.29 is 15.0 Å². The lowest BCUT2D eigenvalue weighted by Gasteiger charge is -2.44. The Bertz CT molecular complexity index is 304. The largest absolute Gasteiger partial charge is 0.479 e. The molecule has 110 valence electrons. The van der Waals surface area contributed by atoms with Gasteiger partial charge in [-0.1, -0.05) is 39.5 Å². The van der Waals surface area contributed by atoms with Crippen molar-refractivity contribution in [2.75, 3.05) is 0 Å². The Morgan fingerprint density at radius 3 is 1.68 bits per heavy atom. The zero-order chi connectivity index (χ0) is 14.0. The number of carbonyl (C=O) groups is 1. The van der Waals surface area contributed by atoms with Crippen molar-refractivity contribution in [3.8, 4) is 0 Å². The van der Waals surface area contributed by atoms with Crippen LogP contribution in [0.15, 0.2) is 0 Å². The van der Waals surface area contributed by atoms with Gasteiger partial charge in [0.1, 0.15) is 0 Å². The van der Waals surface area contributed by atoms with Gasteiger partial charge in [0.2, 0.25) is 0 Å². The van der Waals surface area contributed by atoms with E-state index < -0.39 is 11.6 Å². The first-order chi connectivity index (χ1) is 8.94. The Morgan fingerprint density at radius 1 is 0.947 bits per heavy atom. The van der Waals surface area contributed by atoms with Gasteiger partial charge in [-0.2, -0.15) is 0 Å². The molecule has 19 heavy (non-hydrogen) atoms. The highest BCUT2D eigenvalue weighted by Gasteiger charge is 2.51. The van der Waals surface area contributed by atoms with Crippen LogP contribution in [0.3, 0.4) is 0 Å². The van der Waals surface area contributed by atoms with E-state index in [0.717, 1.165) is 38.5 Å². The third kappa shape index (κ3) is 2.96. The number of hydrogen-bond acceptors (Lipinski definition) is 2. The van der Waals surface area contributed by atoms with Crippen LogP contribution in [0.4, 0.5) is 0 Å². The summed E-state index contributed by atoms with van der Waals surface area (Å²) in [5.74, 6) is 0.00933. The number of aliphatic hydroxyl groups is 1. The van der Waals surface area contributed by atoms with Crippen LogP contribution in [0.25, 0.3) is 0 Å². The number of rotatable bonds is 3. The summed E-state index contributed by atoms with van der Waals surface area (Å²) < 4.78 is 0. The maximum atomic E-state index is 11.8. The van der Waals surface area contributed by atoms with Crippen molar-refractivity contribution in [3.63, 3.8) is 0 Å². The number of carboxylic acids is 1. The molecule has 2 aliphatic rings. The van der Waals surface area contributed by atoms with Crippen LogP contribution in [0.2, 0.25) is 0 Å². The summed E-state index contributed by atoms with van der Waals surface area (Å²) in [5.41, 5.74) is -1.48. The third-order valence-corrected chi connectivity index (χ3v) is 5.46. The van der Waals surface area contributed by atoms with Gasteiger partial charge >= 0.3 is 5.97 Å². The molecular weight excluding hydrogens is 240 g/mol. The summed E-state index contributed by atoms with van der Waals surface area (Å²) in [4.78, 5) is 11.8. The number of carboxylic acid groups (broad SMARTS) is 1. The number of hydrogen-bond donors (Lipinski definition) is 2. The summed E-state index contributed by atoms with van der Waals surface area (Å²) in [6.07, 6.45) is 7.95. The predicted octanol–water partition coefficient (Wildman–Crippen LogP) is 3.45. The van der Waals surface area contributed by atoms with Crippen LogP contribution >= 0.6 is 0 Å². The van der Waals surface area contributed by atoms with E-state index in [0.29, 0.717) is 11.8 Å². The van der Waals surface area contributed by atoms with Gasteiger partial charge in [-0.05, 0) is 49.4 Å². The van der Waals surface area contributed by atoms with Crippen molar-refractivity contribution in [1.29, 1.82) is 0 Å². The van der Waals surface area contributed by atoms with Crippen molar-refractivity contribution in [2.45, 2.75) is 70.8 Å². The van der Waals surface area contributed by atoms with Crippen molar-refractivity contribution in [1.82, 2.24) is 0 Å². The fourth-order valence-electron chi connectivity index (χ4n) is 4.35. The second-order valence-corrected chi connectivity index (χ2v) is 7.07. The van der Waals surface area contributed by atoms with Gasteiger partial charge in [0.25, 0.3) is 0 Å². The minimum Gasteiger partial charge on any atom is -0.479 e.